The summed E-state index contributed by atoms with van der Waals surface area (Å²) in [4.78, 5) is 9.67. The number of hydrogen-bond donors (Lipinski definition) is 1. The lowest BCUT2D eigenvalue weighted by Gasteiger charge is -2.28. The van der Waals surface area contributed by atoms with Crippen LogP contribution in [0.3, 0.4) is 0 Å². The minimum absolute atomic E-state index is 0.0207. The molecule has 0 saturated carbocycles. The SMILES string of the molecule is [2H]c1cc(C([2H])([2H])C(C)(C)C)cc([2H])c1-c1c(C([2H])([2H])[2H])cnc(-c2cc(-c3cccc4c3nc(-c3c([2H])c(C(C([2H])([2H])[2H])(C([2H])([2H])[2H])C([2H])([2H])[2H])cc(C(C([2H])([2H])[2H])(C([2H])([2H])[2H])C([2H])([2H])[2H])c3O)n4-c3ccc(C(C)(C)C)cc3-c3ccccc3)cc(C(C)(C)C)c2)c1[2H]. The second kappa shape index (κ2) is 17.4. The average Bonchev–Trinajstić information content (AvgIpc) is 1.30. The van der Waals surface area contributed by atoms with Gasteiger partial charge in [-0.3, -0.25) is 9.55 Å². The molecule has 0 amide bonds. The van der Waals surface area contributed by atoms with Crippen molar-refractivity contribution < 1.29 is 42.1 Å². The lowest BCUT2D eigenvalue weighted by molar-refractivity contribution is 0.411. The summed E-state index contributed by atoms with van der Waals surface area (Å²) in [6, 6.07) is 23.2. The van der Waals surface area contributed by atoms with Crippen LogP contribution in [0.2, 0.25) is 0 Å². The maximum Gasteiger partial charge on any atom is 0.149 e. The Morgan fingerprint density at radius 2 is 1.28 bits per heavy atom. The fourth-order valence-electron chi connectivity index (χ4n) is 8.16. The number of nitrogens with zero attached hydrogens (tertiary/aromatic N) is 3. The van der Waals surface area contributed by atoms with Crippen molar-refractivity contribution in [3.8, 4) is 67.5 Å². The van der Waals surface area contributed by atoms with E-state index < -0.39 is 139 Å². The maximum absolute atomic E-state index is 13.2. The van der Waals surface area contributed by atoms with Crippen LogP contribution in [0.15, 0.2) is 133 Å². The monoisotopic (exact) mass is 927 g/mol. The maximum atomic E-state index is 13.2. The average molecular weight is 927 g/mol. The Morgan fingerprint density at radius 1 is 0.588 bits per heavy atom. The molecule has 0 aliphatic carbocycles. The van der Waals surface area contributed by atoms with E-state index in [1.165, 1.54) is 22.8 Å². The molecule has 0 fully saturated rings. The minimum Gasteiger partial charge on any atom is -0.507 e. The standard InChI is InChI=1S/C64H73N3O/c1-40-39-65-54(37-50(40)43-27-25-41(26-28-43)38-60(2,3)4)45-31-44(32-47(33-45)62(8,9)10)49-23-20-24-56-57(49)66-59(52-35-48(63(11,12)13)36-53(58(52)68)64(14,15)16)67(56)55-30-29-46(61(5,6)7)34-51(55)42-21-18-17-19-22-42/h17-37,39,68H,38H2,1-16H3/i1D3,11D3,12D3,13D3,14D3,15D3,16D3,27D,28D,35D,37D,38D2. The third-order valence-corrected chi connectivity index (χ3v) is 11.7. The topological polar surface area (TPSA) is 50.9 Å². The molecule has 4 nitrogen and oxygen atoms in total. The zero-order valence-electron chi connectivity index (χ0n) is 66.7. The van der Waals surface area contributed by atoms with Gasteiger partial charge >= 0.3 is 0 Å². The number of imidazole rings is 1. The van der Waals surface area contributed by atoms with Gasteiger partial charge < -0.3 is 5.11 Å². The van der Waals surface area contributed by atoms with Crippen molar-refractivity contribution in [2.45, 2.75) is 138 Å². The van der Waals surface area contributed by atoms with Gasteiger partial charge in [-0.05, 0) is 133 Å². The molecule has 0 atom stereocenters. The summed E-state index contributed by atoms with van der Waals surface area (Å²) in [5.74, 6) is -2.34. The van der Waals surface area contributed by atoms with Crippen molar-refractivity contribution in [2.75, 3.05) is 0 Å². The highest BCUT2D eigenvalue weighted by molar-refractivity contribution is 5.98. The Morgan fingerprint density at radius 3 is 1.93 bits per heavy atom. The number of fused-ring (bicyclic) bond motifs is 1. The predicted molar refractivity (Wildman–Crippen MR) is 290 cm³/mol. The molecule has 0 bridgehead atoms. The van der Waals surface area contributed by atoms with E-state index in [9.17, 15) is 10.6 Å². The van der Waals surface area contributed by atoms with Crippen LogP contribution >= 0.6 is 0 Å². The summed E-state index contributed by atoms with van der Waals surface area (Å²) < 4.78 is 243. The Hall–Kier alpha value is -6.26. The Balaban J connectivity index is 1.64. The fraction of sp³-hybridized carbons (Fsp3) is 0.344. The summed E-state index contributed by atoms with van der Waals surface area (Å²) in [5, 5.41) is 13.2. The zero-order chi connectivity index (χ0) is 72.1. The molecule has 2 heterocycles. The predicted octanol–water partition coefficient (Wildman–Crippen LogP) is 17.5. The zero-order valence-corrected chi connectivity index (χ0v) is 39.7. The Labute approximate surface area is 445 Å². The molecule has 4 heteroatoms. The fourth-order valence-corrected chi connectivity index (χ4v) is 8.16. The molecule has 0 unspecified atom stereocenters. The molecule has 6 aromatic carbocycles. The first-order valence-corrected chi connectivity index (χ1v) is 22.2. The van der Waals surface area contributed by atoms with Crippen LogP contribution in [0.4, 0.5) is 0 Å². The van der Waals surface area contributed by atoms with Crippen molar-refractivity contribution in [2.24, 2.45) is 5.41 Å². The molecule has 8 aromatic rings. The van der Waals surface area contributed by atoms with E-state index in [2.05, 4.69) is 4.98 Å². The van der Waals surface area contributed by atoms with Gasteiger partial charge in [0.15, 0.2) is 0 Å². The van der Waals surface area contributed by atoms with E-state index in [1.807, 2.05) is 47.6 Å². The number of phenolic OH excluding ortho intramolecular Hbond substituents is 1. The molecule has 8 rings (SSSR count). The summed E-state index contributed by atoms with van der Waals surface area (Å²) in [6.07, 6.45) is -1.05. The highest BCUT2D eigenvalue weighted by Crippen LogP contribution is 2.46. The molecular formula is C64H73N3O. The molecule has 0 aliphatic rings. The number of rotatable bonds is 7. The lowest BCUT2D eigenvalue weighted by atomic mass is 9.79. The van der Waals surface area contributed by atoms with Crippen molar-refractivity contribution >= 4 is 11.0 Å². The third-order valence-electron chi connectivity index (χ3n) is 11.7. The van der Waals surface area contributed by atoms with Crippen LogP contribution in [0.25, 0.3) is 72.7 Å². The number of aryl methyl sites for hydroxylation is 1. The van der Waals surface area contributed by atoms with Gasteiger partial charge in [-0.2, -0.15) is 0 Å². The third kappa shape index (κ3) is 9.84. The van der Waals surface area contributed by atoms with Crippen LogP contribution in [-0.4, -0.2) is 19.6 Å². The van der Waals surface area contributed by atoms with Crippen LogP contribution in [0.5, 0.6) is 5.75 Å². The van der Waals surface area contributed by atoms with Gasteiger partial charge in [0.05, 0.1) is 33.5 Å². The quantitative estimate of drug-likeness (QED) is 0.173. The van der Waals surface area contributed by atoms with E-state index in [4.69, 9.17) is 36.5 Å². The van der Waals surface area contributed by atoms with Gasteiger partial charge in [-0.15, -0.1) is 0 Å². The number of para-hydroxylation sites is 1. The number of aromatic hydroxyl groups is 1. The highest BCUT2D eigenvalue weighted by atomic mass is 16.3. The van der Waals surface area contributed by atoms with Crippen LogP contribution < -0.4 is 0 Å². The van der Waals surface area contributed by atoms with E-state index in [1.54, 1.807) is 93.6 Å². The van der Waals surface area contributed by atoms with Crippen molar-refractivity contribution in [3.05, 3.63) is 167 Å². The molecular weight excluding hydrogens is 827 g/mol. The highest BCUT2D eigenvalue weighted by Gasteiger charge is 2.30. The van der Waals surface area contributed by atoms with Crippen LogP contribution in [0.1, 0.15) is 174 Å². The van der Waals surface area contributed by atoms with Crippen molar-refractivity contribution in [3.63, 3.8) is 0 Å². The molecule has 68 heavy (non-hydrogen) atoms. The number of aromatic nitrogens is 3. The van der Waals surface area contributed by atoms with E-state index in [0.29, 0.717) is 16.7 Å². The smallest absolute Gasteiger partial charge is 0.149 e. The first-order valence-electron chi connectivity index (χ1n) is 35.7. The molecule has 2 aromatic heterocycles. The van der Waals surface area contributed by atoms with E-state index in [0.717, 1.165) is 11.8 Å². The number of hydrogen-bond acceptors (Lipinski definition) is 3. The summed E-state index contributed by atoms with van der Waals surface area (Å²) in [7, 11) is 0. The second-order valence-corrected chi connectivity index (χ2v) is 20.5. The normalized spacial score (nSPS) is 20.2. The number of benzene rings is 6. The molecule has 350 valence electrons. The minimum atomic E-state index is -4.32. The summed E-state index contributed by atoms with van der Waals surface area (Å²) in [6.45, 7) is -12.3. The number of phenols is 1. The molecule has 0 aliphatic heterocycles. The second-order valence-electron chi connectivity index (χ2n) is 20.5. The van der Waals surface area contributed by atoms with Crippen molar-refractivity contribution in [1.82, 2.24) is 14.5 Å². The van der Waals surface area contributed by atoms with E-state index >= 15 is 0 Å². The first kappa shape index (κ1) is 24.9. The molecule has 0 saturated heterocycles. The van der Waals surface area contributed by atoms with Crippen LogP contribution in [0, 0.1) is 12.3 Å². The lowest BCUT2D eigenvalue weighted by Crippen LogP contribution is -2.17. The molecule has 1 N–H and O–H groups in total. The van der Waals surface area contributed by atoms with Gasteiger partial charge in [-0.1, -0.05) is 188 Å². The van der Waals surface area contributed by atoms with Gasteiger partial charge in [0.25, 0.3) is 0 Å². The van der Waals surface area contributed by atoms with Crippen molar-refractivity contribution in [1.29, 1.82) is 0 Å². The van der Waals surface area contributed by atoms with Crippen LogP contribution in [-0.2, 0) is 28.0 Å². The van der Waals surface area contributed by atoms with Gasteiger partial charge in [0, 0.05) is 60.0 Å². The first-order chi connectivity index (χ1) is 42.8. The van der Waals surface area contributed by atoms with Gasteiger partial charge in [0.1, 0.15) is 11.6 Å². The number of pyridine rings is 1. The summed E-state index contributed by atoms with van der Waals surface area (Å²) >= 11 is 0. The molecule has 0 spiro atoms. The van der Waals surface area contributed by atoms with E-state index in [-0.39, 0.29) is 61.9 Å². The van der Waals surface area contributed by atoms with Gasteiger partial charge in [0.2, 0.25) is 0 Å². The largest absolute Gasteiger partial charge is 0.507 e. The Bertz CT molecular complexity index is 4120. The van der Waals surface area contributed by atoms with Gasteiger partial charge in [-0.25, -0.2) is 4.98 Å². The summed E-state index contributed by atoms with van der Waals surface area (Å²) in [5.41, 5.74) is -13.8. The molecule has 0 radical (unpaired) electrons. The Kier molecular flexibility index (Phi) is 6.34.